The summed E-state index contributed by atoms with van der Waals surface area (Å²) >= 11 is 1.38. The number of carbonyl (C=O) groups is 1. The highest BCUT2D eigenvalue weighted by Crippen LogP contribution is 2.14. The normalized spacial score (nSPS) is 12.3. The van der Waals surface area contributed by atoms with E-state index in [0.29, 0.717) is 4.21 Å². The van der Waals surface area contributed by atoms with Crippen LogP contribution in [0.2, 0.25) is 0 Å². The maximum atomic E-state index is 12.7. The Hall–Kier alpha value is -1.33. The second-order valence-electron chi connectivity index (χ2n) is 3.76. The largest absolute Gasteiger partial charge is 0.298 e. The van der Waals surface area contributed by atoms with Crippen molar-refractivity contribution in [1.82, 2.24) is 0 Å². The molecule has 0 amide bonds. The summed E-state index contributed by atoms with van der Waals surface area (Å²) < 4.78 is 25.2. The van der Waals surface area contributed by atoms with Crippen molar-refractivity contribution in [2.75, 3.05) is 5.75 Å². The summed E-state index contributed by atoms with van der Waals surface area (Å²) in [7, 11) is -1.27. The molecule has 0 saturated heterocycles. The smallest absolute Gasteiger partial charge is 0.150 e. The Morgan fingerprint density at radius 1 is 1.22 bits per heavy atom. The van der Waals surface area contributed by atoms with Gasteiger partial charge in [0.1, 0.15) is 11.6 Å². The van der Waals surface area contributed by atoms with Gasteiger partial charge in [-0.25, -0.2) is 4.39 Å². The molecule has 0 aliphatic carbocycles. The minimum absolute atomic E-state index is 0.0118. The van der Waals surface area contributed by atoms with E-state index in [9.17, 15) is 13.4 Å². The number of Topliss-reactive ketones (excluding diaryl/α,β-unsaturated/α-hetero) is 1. The summed E-state index contributed by atoms with van der Waals surface area (Å²) in [5.41, 5.74) is 0.740. The van der Waals surface area contributed by atoms with E-state index in [2.05, 4.69) is 0 Å². The first-order chi connectivity index (χ1) is 8.65. The molecule has 1 atom stereocenters. The molecule has 1 unspecified atom stereocenters. The van der Waals surface area contributed by atoms with Crippen LogP contribution in [-0.2, 0) is 22.0 Å². The monoisotopic (exact) mass is 282 g/mol. The number of thiophene rings is 1. The third-order valence-corrected chi connectivity index (χ3v) is 5.00. The molecule has 0 saturated carbocycles. The molecule has 0 aliphatic heterocycles. The van der Waals surface area contributed by atoms with Gasteiger partial charge in [0.15, 0.2) is 0 Å². The summed E-state index contributed by atoms with van der Waals surface area (Å²) in [6.45, 7) is 0. The molecule has 0 fully saturated rings. The van der Waals surface area contributed by atoms with Gasteiger partial charge < -0.3 is 0 Å². The topological polar surface area (TPSA) is 34.1 Å². The van der Waals surface area contributed by atoms with E-state index >= 15 is 0 Å². The van der Waals surface area contributed by atoms with Crippen LogP contribution in [-0.4, -0.2) is 15.7 Å². The van der Waals surface area contributed by atoms with Crippen LogP contribution in [0.3, 0.4) is 0 Å². The van der Waals surface area contributed by atoms with Crippen LogP contribution >= 0.6 is 11.3 Å². The molecule has 0 aliphatic rings. The average Bonchev–Trinajstić information content (AvgIpc) is 2.85. The first-order valence-electron chi connectivity index (χ1n) is 5.33. The number of hydrogen-bond donors (Lipinski definition) is 0. The summed E-state index contributed by atoms with van der Waals surface area (Å²) in [6, 6.07) is 9.34. The van der Waals surface area contributed by atoms with Crippen molar-refractivity contribution in [2.45, 2.75) is 10.6 Å². The molecule has 0 radical (unpaired) electrons. The maximum Gasteiger partial charge on any atom is 0.150 e. The SMILES string of the molecule is O=C(Cc1ccc(F)cc1)CS(=O)c1cccs1. The van der Waals surface area contributed by atoms with Gasteiger partial charge in [-0.1, -0.05) is 18.2 Å². The Bertz CT molecular complexity index is 547. The van der Waals surface area contributed by atoms with Crippen molar-refractivity contribution >= 4 is 27.9 Å². The molecule has 0 bridgehead atoms. The van der Waals surface area contributed by atoms with Gasteiger partial charge in [0, 0.05) is 6.42 Å². The Balaban J connectivity index is 1.93. The van der Waals surface area contributed by atoms with Crippen molar-refractivity contribution in [1.29, 1.82) is 0 Å². The van der Waals surface area contributed by atoms with Crippen LogP contribution < -0.4 is 0 Å². The molecule has 1 aromatic carbocycles. The summed E-state index contributed by atoms with van der Waals surface area (Å²) in [5.74, 6) is -0.417. The van der Waals surface area contributed by atoms with Crippen LogP contribution in [0, 0.1) is 5.82 Å². The molecule has 2 aromatic rings. The van der Waals surface area contributed by atoms with Crippen LogP contribution in [0.15, 0.2) is 46.0 Å². The molecule has 1 aromatic heterocycles. The van der Waals surface area contributed by atoms with Gasteiger partial charge in [-0.05, 0) is 29.1 Å². The van der Waals surface area contributed by atoms with Crippen molar-refractivity contribution in [3.05, 3.63) is 53.2 Å². The quantitative estimate of drug-likeness (QED) is 0.845. The number of carbonyl (C=O) groups excluding carboxylic acids is 1. The van der Waals surface area contributed by atoms with Gasteiger partial charge in [-0.3, -0.25) is 9.00 Å². The van der Waals surface area contributed by atoms with E-state index in [4.69, 9.17) is 0 Å². The minimum atomic E-state index is -1.27. The van der Waals surface area contributed by atoms with Crippen LogP contribution in [0.25, 0.3) is 0 Å². The lowest BCUT2D eigenvalue weighted by molar-refractivity contribution is -0.116. The van der Waals surface area contributed by atoms with Crippen molar-refractivity contribution in [3.63, 3.8) is 0 Å². The first-order valence-corrected chi connectivity index (χ1v) is 7.53. The van der Waals surface area contributed by atoms with Crippen LogP contribution in [0.1, 0.15) is 5.56 Å². The maximum absolute atomic E-state index is 12.7. The molecule has 2 nitrogen and oxygen atoms in total. The van der Waals surface area contributed by atoms with E-state index < -0.39 is 10.8 Å². The fourth-order valence-corrected chi connectivity index (χ4v) is 3.48. The molecule has 18 heavy (non-hydrogen) atoms. The molecule has 0 spiro atoms. The van der Waals surface area contributed by atoms with E-state index in [1.165, 1.54) is 23.5 Å². The number of rotatable bonds is 5. The molecule has 1 heterocycles. The number of hydrogen-bond acceptors (Lipinski definition) is 3. The zero-order valence-electron chi connectivity index (χ0n) is 9.47. The number of halogens is 1. The van der Waals surface area contributed by atoms with Gasteiger partial charge in [0.25, 0.3) is 0 Å². The number of benzene rings is 1. The molecular formula is C13H11FO2S2. The van der Waals surface area contributed by atoms with Gasteiger partial charge in [-0.2, -0.15) is 0 Å². The van der Waals surface area contributed by atoms with Crippen molar-refractivity contribution < 1.29 is 13.4 Å². The summed E-state index contributed by atoms with van der Waals surface area (Å²) in [4.78, 5) is 11.7. The lowest BCUT2D eigenvalue weighted by atomic mass is 10.1. The predicted molar refractivity (Wildman–Crippen MR) is 70.7 cm³/mol. The van der Waals surface area contributed by atoms with Crippen molar-refractivity contribution in [2.24, 2.45) is 0 Å². The molecule has 94 valence electrons. The third kappa shape index (κ3) is 3.58. The fraction of sp³-hybridized carbons (Fsp3) is 0.154. The predicted octanol–water partition coefficient (Wildman–Crippen LogP) is 2.81. The fourth-order valence-electron chi connectivity index (χ4n) is 1.49. The first kappa shape index (κ1) is 13.1. The highest BCUT2D eigenvalue weighted by atomic mass is 32.2. The highest BCUT2D eigenvalue weighted by molar-refractivity contribution is 7.88. The summed E-state index contributed by atoms with van der Waals surface area (Å²) in [6.07, 6.45) is 0.192. The molecular weight excluding hydrogens is 271 g/mol. The van der Waals surface area contributed by atoms with Crippen LogP contribution in [0.5, 0.6) is 0 Å². The van der Waals surface area contributed by atoms with E-state index in [1.54, 1.807) is 18.2 Å². The highest BCUT2D eigenvalue weighted by Gasteiger charge is 2.11. The summed E-state index contributed by atoms with van der Waals surface area (Å²) in [5, 5.41) is 1.83. The van der Waals surface area contributed by atoms with Gasteiger partial charge >= 0.3 is 0 Å². The van der Waals surface area contributed by atoms with Crippen molar-refractivity contribution in [3.8, 4) is 0 Å². The number of ketones is 1. The molecule has 5 heteroatoms. The standard InChI is InChI=1S/C13H11FO2S2/c14-11-5-3-10(4-6-11)8-12(15)9-18(16)13-2-1-7-17-13/h1-7H,8-9H2. The zero-order valence-corrected chi connectivity index (χ0v) is 11.1. The Morgan fingerprint density at radius 3 is 2.56 bits per heavy atom. The molecule has 0 N–H and O–H groups in total. The Kier molecular flexibility index (Phi) is 4.38. The lowest BCUT2D eigenvalue weighted by Crippen LogP contribution is -2.12. The van der Waals surface area contributed by atoms with Gasteiger partial charge in [0.2, 0.25) is 0 Å². The van der Waals surface area contributed by atoms with Gasteiger partial charge in [-0.15, -0.1) is 11.3 Å². The minimum Gasteiger partial charge on any atom is -0.298 e. The average molecular weight is 282 g/mol. The lowest BCUT2D eigenvalue weighted by Gasteiger charge is -2.01. The van der Waals surface area contributed by atoms with Gasteiger partial charge in [0.05, 0.1) is 20.8 Å². The van der Waals surface area contributed by atoms with E-state index in [1.807, 2.05) is 11.4 Å². The second kappa shape index (κ2) is 6.02. The van der Waals surface area contributed by atoms with E-state index in [0.717, 1.165) is 5.56 Å². The molecule has 2 rings (SSSR count). The third-order valence-electron chi connectivity index (χ3n) is 2.33. The zero-order chi connectivity index (χ0) is 13.0. The Morgan fingerprint density at radius 2 is 1.94 bits per heavy atom. The van der Waals surface area contributed by atoms with Crippen LogP contribution in [0.4, 0.5) is 4.39 Å². The Labute approximate surface area is 111 Å². The van der Waals surface area contributed by atoms with E-state index in [-0.39, 0.29) is 23.8 Å². The second-order valence-corrected chi connectivity index (χ2v) is 6.39.